The third-order valence-electron chi connectivity index (χ3n) is 0. The smallest absolute Gasteiger partial charge is 2.00 e. The average Bonchev–Trinajstić information content (AvgIpc) is 0. The molecule has 0 amide bonds. The maximum Gasteiger partial charge on any atom is 3.00 e. The minimum absolute atomic E-state index is 0. The van der Waals surface area contributed by atoms with E-state index in [-0.39, 0.29) is 77.4 Å². The summed E-state index contributed by atoms with van der Waals surface area (Å²) in [5.41, 5.74) is 0. The van der Waals surface area contributed by atoms with Crippen LogP contribution in [0, 0.1) is 40.8 Å². The Hall–Kier alpha value is 1.88. The zero-order valence-corrected chi connectivity index (χ0v) is 7.66. The topological polar surface area (TPSA) is 85.5 Å². The summed E-state index contributed by atoms with van der Waals surface area (Å²) >= 11 is 0. The van der Waals surface area contributed by atoms with Gasteiger partial charge in [0.2, 0.25) is 0 Å². The van der Waals surface area contributed by atoms with E-state index in [0.29, 0.717) is 0 Å². The molecule has 0 fully saturated rings. The summed E-state index contributed by atoms with van der Waals surface area (Å²) in [7, 11) is 0. The molecule has 3 nitrogen and oxygen atoms in total. The molecule has 0 aliphatic rings. The molecule has 5 heteroatoms. The van der Waals surface area contributed by atoms with E-state index >= 15 is 0 Å². The fourth-order valence-corrected chi connectivity index (χ4v) is 0. The van der Waals surface area contributed by atoms with Crippen molar-refractivity contribution in [3.63, 3.8) is 0 Å². The fourth-order valence-electron chi connectivity index (χ4n) is 0. The Morgan fingerprint density at radius 1 is 0.600 bits per heavy atom. The van der Waals surface area contributed by atoms with Crippen LogP contribution in [-0.4, -0.2) is 0 Å². The van der Waals surface area contributed by atoms with Gasteiger partial charge in [-0.25, -0.2) is 0 Å². The Morgan fingerprint density at radius 2 is 0.600 bits per heavy atom. The molecule has 0 atom stereocenters. The van der Waals surface area contributed by atoms with Crippen LogP contribution in [0.4, 0.5) is 0 Å². The summed E-state index contributed by atoms with van der Waals surface area (Å²) in [5, 5.41) is 0. The van der Waals surface area contributed by atoms with Crippen molar-refractivity contribution in [2.24, 2.45) is 0 Å². The first-order valence-electron chi connectivity index (χ1n) is 0. The van der Waals surface area contributed by atoms with E-state index in [0.717, 1.165) is 0 Å². The third-order valence-corrected chi connectivity index (χ3v) is 0. The predicted molar refractivity (Wildman–Crippen MR) is 2.06 cm³/mol. The molecule has 0 bridgehead atoms. The molecule has 0 aliphatic heterocycles. The molecule has 5 heavy (non-hydrogen) atoms. The van der Waals surface area contributed by atoms with Crippen molar-refractivity contribution < 1.29 is 77.4 Å². The Kier molecular flexibility index (Phi) is 533. The van der Waals surface area contributed by atoms with E-state index < -0.39 is 0 Å². The molecule has 0 N–H and O–H groups in total. The number of hydrogen-bond donors (Lipinski definition) is 0. The monoisotopic (exact) mass is 383 g/mol. The SMILES string of the molecule is [Ir+3].[Nd+3].[O-2].[O-2].[O-2]. The van der Waals surface area contributed by atoms with Crippen LogP contribution in [0.5, 0.6) is 0 Å². The van der Waals surface area contributed by atoms with E-state index in [2.05, 4.69) is 0 Å². The van der Waals surface area contributed by atoms with Crippen LogP contribution in [0.3, 0.4) is 0 Å². The van der Waals surface area contributed by atoms with Gasteiger partial charge in [0.1, 0.15) is 0 Å². The molecule has 0 unspecified atom stereocenters. The molecule has 0 aliphatic carbocycles. The van der Waals surface area contributed by atoms with E-state index in [4.69, 9.17) is 0 Å². The summed E-state index contributed by atoms with van der Waals surface area (Å²) in [6, 6.07) is 0. The second-order valence-corrected chi connectivity index (χ2v) is 0. The number of hydrogen-bond acceptors (Lipinski definition) is 0. The van der Waals surface area contributed by atoms with Crippen molar-refractivity contribution in [2.45, 2.75) is 0 Å². The second-order valence-electron chi connectivity index (χ2n) is 0. The predicted octanol–water partition coefficient (Wildman–Crippen LogP) is -0.359. The molecule has 0 aromatic heterocycles. The van der Waals surface area contributed by atoms with Crippen molar-refractivity contribution in [1.29, 1.82) is 0 Å². The van der Waals surface area contributed by atoms with Gasteiger partial charge in [0, 0.05) is 0 Å². The van der Waals surface area contributed by atoms with Gasteiger partial charge in [0.05, 0.1) is 0 Å². The van der Waals surface area contributed by atoms with Gasteiger partial charge in [-0.05, 0) is 0 Å². The first-order valence-corrected chi connectivity index (χ1v) is 0. The summed E-state index contributed by atoms with van der Waals surface area (Å²) in [5.74, 6) is 0. The molecule has 31 valence electrons. The van der Waals surface area contributed by atoms with Crippen LogP contribution in [0.25, 0.3) is 0 Å². The molecule has 1 radical (unpaired) electrons. The van der Waals surface area contributed by atoms with Crippen molar-refractivity contribution in [3.05, 3.63) is 0 Å². The normalized spacial score (nSPS) is 0. The third kappa shape index (κ3) is 25.0. The molecule has 0 aromatic carbocycles. The average molecular weight is 384 g/mol. The standard InChI is InChI=1S/Ir.Nd.3O/q2*+3;3*-2. The van der Waals surface area contributed by atoms with Gasteiger partial charge < -0.3 is 16.4 Å². The van der Waals surface area contributed by atoms with Crippen LogP contribution in [-0.2, 0) is 36.5 Å². The van der Waals surface area contributed by atoms with Gasteiger partial charge in [-0.1, -0.05) is 0 Å². The Labute approximate surface area is 76.3 Å². The summed E-state index contributed by atoms with van der Waals surface area (Å²) in [6.07, 6.45) is 0. The zero-order chi connectivity index (χ0) is 0. The van der Waals surface area contributed by atoms with Gasteiger partial charge in [-0.3, -0.25) is 0 Å². The van der Waals surface area contributed by atoms with Crippen LogP contribution in [0.2, 0.25) is 0 Å². The van der Waals surface area contributed by atoms with Crippen molar-refractivity contribution in [2.75, 3.05) is 0 Å². The Morgan fingerprint density at radius 3 is 0.600 bits per heavy atom. The largest absolute Gasteiger partial charge is 3.00 e. The van der Waals surface area contributed by atoms with Crippen LogP contribution in [0.15, 0.2) is 0 Å². The molecular formula is IrNdO3. The van der Waals surface area contributed by atoms with Gasteiger partial charge in [-0.15, -0.1) is 0 Å². The first-order chi connectivity index (χ1) is 0. The quantitative estimate of drug-likeness (QED) is 0.546. The van der Waals surface area contributed by atoms with E-state index in [1.54, 1.807) is 0 Å². The molecule has 0 rings (SSSR count). The molecule has 0 spiro atoms. The van der Waals surface area contributed by atoms with Gasteiger partial charge >= 0.3 is 60.9 Å². The van der Waals surface area contributed by atoms with Gasteiger partial charge in [0.15, 0.2) is 0 Å². The van der Waals surface area contributed by atoms with Crippen molar-refractivity contribution in [3.8, 4) is 0 Å². The van der Waals surface area contributed by atoms with Gasteiger partial charge in [0.25, 0.3) is 0 Å². The summed E-state index contributed by atoms with van der Waals surface area (Å²) in [4.78, 5) is 0. The Balaban J connectivity index is 0. The molecule has 0 heterocycles. The van der Waals surface area contributed by atoms with Crippen LogP contribution >= 0.6 is 0 Å². The van der Waals surface area contributed by atoms with E-state index in [9.17, 15) is 0 Å². The molecular weight excluding hydrogens is 384 g/mol. The molecule has 0 saturated heterocycles. The maximum absolute atomic E-state index is 0. The van der Waals surface area contributed by atoms with Crippen LogP contribution in [0.1, 0.15) is 0 Å². The summed E-state index contributed by atoms with van der Waals surface area (Å²) < 4.78 is 0. The van der Waals surface area contributed by atoms with Crippen molar-refractivity contribution >= 4 is 0 Å². The fraction of sp³-hybridized carbons (Fsp3) is 0. The van der Waals surface area contributed by atoms with E-state index in [1.165, 1.54) is 0 Å². The van der Waals surface area contributed by atoms with Crippen LogP contribution < -0.4 is 0 Å². The van der Waals surface area contributed by atoms with E-state index in [1.807, 2.05) is 0 Å². The zero-order valence-electron chi connectivity index (χ0n) is 2.06. The molecule has 0 aromatic rings. The Bertz CT molecular complexity index is 6.85. The number of rotatable bonds is 0. The molecule has 0 saturated carbocycles. The minimum Gasteiger partial charge on any atom is -2.00 e. The maximum atomic E-state index is 0. The minimum atomic E-state index is 0. The second kappa shape index (κ2) is 39.6. The van der Waals surface area contributed by atoms with Crippen molar-refractivity contribution in [1.82, 2.24) is 0 Å². The summed E-state index contributed by atoms with van der Waals surface area (Å²) in [6.45, 7) is 0. The van der Waals surface area contributed by atoms with Gasteiger partial charge in [-0.2, -0.15) is 0 Å². The first kappa shape index (κ1) is 67.3.